The molecule has 0 unspecified atom stereocenters. The molecule has 0 saturated carbocycles. The van der Waals surface area contributed by atoms with Crippen LogP contribution in [0.3, 0.4) is 0 Å². The van der Waals surface area contributed by atoms with Crippen molar-refractivity contribution in [3.63, 3.8) is 0 Å². The smallest absolute Gasteiger partial charge is 0.387 e. The summed E-state index contributed by atoms with van der Waals surface area (Å²) < 4.78 is 28.4. The lowest BCUT2D eigenvalue weighted by molar-refractivity contribution is -0.0502. The number of alkyl halides is 2. The Balaban J connectivity index is 3.42. The first-order valence-corrected chi connectivity index (χ1v) is 4.25. The van der Waals surface area contributed by atoms with Crippen LogP contribution in [0.5, 0.6) is 5.75 Å². The molecule has 4 nitrogen and oxygen atoms in total. The second-order valence-electron chi connectivity index (χ2n) is 2.95. The lowest BCUT2D eigenvalue weighted by atomic mass is 10.0. The zero-order valence-electron chi connectivity index (χ0n) is 8.33. The lowest BCUT2D eigenvalue weighted by Crippen LogP contribution is -2.09. The van der Waals surface area contributed by atoms with Gasteiger partial charge in [-0.2, -0.15) is 14.0 Å². The van der Waals surface area contributed by atoms with Crippen LogP contribution in [0.15, 0.2) is 12.1 Å². The first kappa shape index (κ1) is 11.9. The fraction of sp³-hybridized carbons (Fsp3) is 0.200. The van der Waals surface area contributed by atoms with Crippen LogP contribution in [-0.2, 0) is 0 Å². The largest absolute Gasteiger partial charge is 0.433 e. The predicted molar refractivity (Wildman–Crippen MR) is 52.2 cm³/mol. The van der Waals surface area contributed by atoms with Crippen LogP contribution < -0.4 is 10.5 Å². The number of nitrogen functional groups attached to an aromatic ring is 1. The standard InChI is InChI=1S/C10H8F2N2O2/c1-5(15)6-2-3-8(14)7(4-13)9(6)16-10(11)12/h2-3,10H,14H2,1H3. The number of nitrogens with zero attached hydrogens (tertiary/aromatic N) is 1. The number of carbonyl (C=O) groups is 1. The van der Waals surface area contributed by atoms with Crippen LogP contribution >= 0.6 is 0 Å². The number of halogens is 2. The Morgan fingerprint density at radius 2 is 2.19 bits per heavy atom. The summed E-state index contributed by atoms with van der Waals surface area (Å²) >= 11 is 0. The number of nitrogens with two attached hydrogens (primary N) is 1. The summed E-state index contributed by atoms with van der Waals surface area (Å²) in [6.07, 6.45) is 0. The maximum Gasteiger partial charge on any atom is 0.387 e. The molecule has 0 aliphatic rings. The van der Waals surface area contributed by atoms with Crippen molar-refractivity contribution in [1.82, 2.24) is 0 Å². The van der Waals surface area contributed by atoms with E-state index in [0.29, 0.717) is 0 Å². The van der Waals surface area contributed by atoms with Crippen LogP contribution in [-0.4, -0.2) is 12.4 Å². The van der Waals surface area contributed by atoms with E-state index in [1.54, 1.807) is 6.07 Å². The molecular formula is C10H8F2N2O2. The summed E-state index contributed by atoms with van der Waals surface area (Å²) in [6, 6.07) is 4.17. The summed E-state index contributed by atoms with van der Waals surface area (Å²) in [7, 11) is 0. The van der Waals surface area contributed by atoms with Gasteiger partial charge in [-0.15, -0.1) is 0 Å². The third-order valence-corrected chi connectivity index (χ3v) is 1.89. The van der Waals surface area contributed by atoms with Gasteiger partial charge in [0, 0.05) is 0 Å². The summed E-state index contributed by atoms with van der Waals surface area (Å²) in [4.78, 5) is 11.2. The van der Waals surface area contributed by atoms with Crippen LogP contribution in [0.2, 0.25) is 0 Å². The van der Waals surface area contributed by atoms with Crippen molar-refractivity contribution in [2.45, 2.75) is 13.5 Å². The molecule has 0 bridgehead atoms. The molecule has 0 spiro atoms. The summed E-state index contributed by atoms with van der Waals surface area (Å²) in [5.74, 6) is -0.947. The van der Waals surface area contributed by atoms with Crippen molar-refractivity contribution >= 4 is 11.5 Å². The Labute approximate surface area is 90.2 Å². The topological polar surface area (TPSA) is 76.1 Å². The van der Waals surface area contributed by atoms with E-state index < -0.39 is 18.1 Å². The minimum absolute atomic E-state index is 0.0110. The van der Waals surface area contributed by atoms with Gasteiger partial charge in [-0.1, -0.05) is 0 Å². The highest BCUT2D eigenvalue weighted by molar-refractivity contribution is 5.98. The molecule has 0 aliphatic heterocycles. The second-order valence-corrected chi connectivity index (χ2v) is 2.95. The van der Waals surface area contributed by atoms with Crippen molar-refractivity contribution in [2.24, 2.45) is 0 Å². The number of nitriles is 1. The fourth-order valence-corrected chi connectivity index (χ4v) is 1.20. The van der Waals surface area contributed by atoms with E-state index in [4.69, 9.17) is 11.0 Å². The fourth-order valence-electron chi connectivity index (χ4n) is 1.20. The van der Waals surface area contributed by atoms with Gasteiger partial charge < -0.3 is 10.5 Å². The Bertz CT molecular complexity index is 467. The molecule has 0 radical (unpaired) electrons. The maximum absolute atomic E-state index is 12.1. The highest BCUT2D eigenvalue weighted by atomic mass is 19.3. The zero-order chi connectivity index (χ0) is 12.3. The van der Waals surface area contributed by atoms with E-state index in [0.717, 1.165) is 0 Å². The molecule has 16 heavy (non-hydrogen) atoms. The summed E-state index contributed by atoms with van der Waals surface area (Å²) in [6.45, 7) is -1.93. The molecule has 0 aromatic heterocycles. The minimum Gasteiger partial charge on any atom is -0.433 e. The SMILES string of the molecule is CC(=O)c1ccc(N)c(C#N)c1OC(F)F. The van der Waals surface area contributed by atoms with E-state index in [9.17, 15) is 13.6 Å². The van der Waals surface area contributed by atoms with Gasteiger partial charge in [-0.25, -0.2) is 0 Å². The van der Waals surface area contributed by atoms with Crippen LogP contribution in [0.4, 0.5) is 14.5 Å². The van der Waals surface area contributed by atoms with Crippen LogP contribution in [0.1, 0.15) is 22.8 Å². The number of benzene rings is 1. The minimum atomic E-state index is -3.12. The predicted octanol–water partition coefficient (Wildman–Crippen LogP) is 1.94. The van der Waals surface area contributed by atoms with E-state index in [-0.39, 0.29) is 16.8 Å². The molecule has 0 saturated heterocycles. The van der Waals surface area contributed by atoms with Crippen molar-refractivity contribution in [2.75, 3.05) is 5.73 Å². The first-order chi connectivity index (χ1) is 7.47. The lowest BCUT2D eigenvalue weighted by Gasteiger charge is -2.11. The molecular weight excluding hydrogens is 218 g/mol. The van der Waals surface area contributed by atoms with Crippen LogP contribution in [0.25, 0.3) is 0 Å². The summed E-state index contributed by atoms with van der Waals surface area (Å²) in [5.41, 5.74) is 5.06. The van der Waals surface area contributed by atoms with Crippen molar-refractivity contribution < 1.29 is 18.3 Å². The number of hydrogen-bond acceptors (Lipinski definition) is 4. The Kier molecular flexibility index (Phi) is 3.40. The number of carbonyl (C=O) groups excluding carboxylic acids is 1. The molecule has 1 aromatic carbocycles. The van der Waals surface area contributed by atoms with Gasteiger partial charge in [0.25, 0.3) is 0 Å². The number of Topliss-reactive ketones (excluding diaryl/α,β-unsaturated/α-hetero) is 1. The normalized spacial score (nSPS) is 9.94. The molecule has 1 aromatic rings. The monoisotopic (exact) mass is 226 g/mol. The third kappa shape index (κ3) is 2.25. The van der Waals surface area contributed by atoms with Crippen molar-refractivity contribution in [3.8, 4) is 11.8 Å². The molecule has 84 valence electrons. The quantitative estimate of drug-likeness (QED) is 0.631. The van der Waals surface area contributed by atoms with Gasteiger partial charge in [0.1, 0.15) is 11.6 Å². The third-order valence-electron chi connectivity index (χ3n) is 1.89. The van der Waals surface area contributed by atoms with E-state index in [1.807, 2.05) is 0 Å². The zero-order valence-corrected chi connectivity index (χ0v) is 8.33. The number of rotatable bonds is 3. The average Bonchev–Trinajstić information content (AvgIpc) is 2.16. The molecule has 1 rings (SSSR count). The van der Waals surface area contributed by atoms with Crippen LogP contribution in [0, 0.1) is 11.3 Å². The molecule has 2 N–H and O–H groups in total. The molecule has 0 fully saturated rings. The van der Waals surface area contributed by atoms with E-state index in [1.165, 1.54) is 19.1 Å². The Morgan fingerprint density at radius 1 is 1.56 bits per heavy atom. The molecule has 0 aliphatic carbocycles. The van der Waals surface area contributed by atoms with Gasteiger partial charge in [-0.3, -0.25) is 4.79 Å². The Morgan fingerprint density at radius 3 is 2.62 bits per heavy atom. The number of ketones is 1. The van der Waals surface area contributed by atoms with Gasteiger partial charge in [0.05, 0.1) is 11.3 Å². The molecule has 6 heteroatoms. The number of ether oxygens (including phenoxy) is 1. The Hall–Kier alpha value is -2.16. The molecule has 0 amide bonds. The summed E-state index contributed by atoms with van der Waals surface area (Å²) in [5, 5.41) is 8.75. The van der Waals surface area contributed by atoms with Crippen molar-refractivity contribution in [3.05, 3.63) is 23.3 Å². The average molecular weight is 226 g/mol. The maximum atomic E-state index is 12.1. The van der Waals surface area contributed by atoms with Crippen molar-refractivity contribution in [1.29, 1.82) is 5.26 Å². The highest BCUT2D eigenvalue weighted by Gasteiger charge is 2.19. The van der Waals surface area contributed by atoms with Gasteiger partial charge >= 0.3 is 6.61 Å². The number of anilines is 1. The first-order valence-electron chi connectivity index (χ1n) is 4.25. The second kappa shape index (κ2) is 4.57. The molecule has 0 heterocycles. The van der Waals surface area contributed by atoms with Gasteiger partial charge in [-0.05, 0) is 19.1 Å². The van der Waals surface area contributed by atoms with Gasteiger partial charge in [0.15, 0.2) is 11.5 Å². The molecule has 0 atom stereocenters. The van der Waals surface area contributed by atoms with E-state index in [2.05, 4.69) is 4.74 Å². The highest BCUT2D eigenvalue weighted by Crippen LogP contribution is 2.30. The van der Waals surface area contributed by atoms with E-state index >= 15 is 0 Å². The van der Waals surface area contributed by atoms with Gasteiger partial charge in [0.2, 0.25) is 0 Å². The number of hydrogen-bond donors (Lipinski definition) is 1.